The number of aromatic nitrogens is 3. The van der Waals surface area contributed by atoms with E-state index in [9.17, 15) is 0 Å². The summed E-state index contributed by atoms with van der Waals surface area (Å²) in [6.45, 7) is 10.2. The maximum absolute atomic E-state index is 5.59. The first-order chi connectivity index (χ1) is 10.0. The lowest BCUT2D eigenvalue weighted by Gasteiger charge is -2.34. The summed E-state index contributed by atoms with van der Waals surface area (Å²) in [4.78, 5) is 13.0. The normalized spacial score (nSPS) is 22.1. The van der Waals surface area contributed by atoms with Crippen LogP contribution in [-0.4, -0.2) is 46.4 Å². The number of ether oxygens (including phenoxy) is 2. The van der Waals surface area contributed by atoms with Gasteiger partial charge in [0.15, 0.2) is 0 Å². The highest BCUT2D eigenvalue weighted by atomic mass is 16.5. The zero-order chi connectivity index (χ0) is 15.3. The number of anilines is 2. The van der Waals surface area contributed by atoms with Crippen molar-refractivity contribution in [2.24, 2.45) is 0 Å². The van der Waals surface area contributed by atoms with Gasteiger partial charge in [-0.3, -0.25) is 0 Å². The highest BCUT2D eigenvalue weighted by Crippen LogP contribution is 2.23. The molecule has 1 aliphatic heterocycles. The monoisotopic (exact) mass is 295 g/mol. The Balaban J connectivity index is 2.18. The molecule has 2 rings (SSSR count). The standard InChI is InChI=1S/C14H25N5O2/c1-5-15-11-16-12(18-13(17-11)21-10(2)3)19-14(4)7-6-8-20-9-14/h10H,5-9H2,1-4H3,(H2,15,16,17,18,19). The second kappa shape index (κ2) is 6.89. The number of hydrogen-bond acceptors (Lipinski definition) is 7. The van der Waals surface area contributed by atoms with E-state index in [1.54, 1.807) is 0 Å². The maximum atomic E-state index is 5.59. The molecule has 0 aliphatic carbocycles. The van der Waals surface area contributed by atoms with Gasteiger partial charge in [-0.25, -0.2) is 0 Å². The summed E-state index contributed by atoms with van der Waals surface area (Å²) in [7, 11) is 0. The lowest BCUT2D eigenvalue weighted by Crippen LogP contribution is -2.43. The van der Waals surface area contributed by atoms with E-state index in [1.165, 1.54) is 0 Å². The topological polar surface area (TPSA) is 81.2 Å². The van der Waals surface area contributed by atoms with Crippen LogP contribution in [0, 0.1) is 0 Å². The maximum Gasteiger partial charge on any atom is 0.323 e. The number of hydrogen-bond donors (Lipinski definition) is 2. The van der Waals surface area contributed by atoms with E-state index in [-0.39, 0.29) is 11.6 Å². The number of nitrogens with zero attached hydrogens (tertiary/aromatic N) is 3. The minimum Gasteiger partial charge on any atom is -0.461 e. The van der Waals surface area contributed by atoms with Crippen molar-refractivity contribution in [3.8, 4) is 6.01 Å². The summed E-state index contributed by atoms with van der Waals surface area (Å²) in [5, 5.41) is 6.46. The fourth-order valence-electron chi connectivity index (χ4n) is 2.22. The molecule has 0 aromatic carbocycles. The predicted octanol–water partition coefficient (Wildman–Crippen LogP) is 2.07. The third-order valence-corrected chi connectivity index (χ3v) is 3.14. The van der Waals surface area contributed by atoms with Crippen molar-refractivity contribution in [3.63, 3.8) is 0 Å². The van der Waals surface area contributed by atoms with E-state index < -0.39 is 0 Å². The Kier molecular flexibility index (Phi) is 5.17. The van der Waals surface area contributed by atoms with Gasteiger partial charge >= 0.3 is 6.01 Å². The van der Waals surface area contributed by atoms with Gasteiger partial charge in [-0.2, -0.15) is 15.0 Å². The van der Waals surface area contributed by atoms with Crippen molar-refractivity contribution < 1.29 is 9.47 Å². The molecule has 2 N–H and O–H groups in total. The molecule has 2 heterocycles. The first-order valence-electron chi connectivity index (χ1n) is 7.53. The van der Waals surface area contributed by atoms with E-state index in [0.29, 0.717) is 24.5 Å². The molecular weight excluding hydrogens is 270 g/mol. The molecule has 1 fully saturated rings. The van der Waals surface area contributed by atoms with Crippen molar-refractivity contribution in [2.45, 2.75) is 52.2 Å². The fraction of sp³-hybridized carbons (Fsp3) is 0.786. The predicted molar refractivity (Wildman–Crippen MR) is 81.8 cm³/mol. The summed E-state index contributed by atoms with van der Waals surface area (Å²) in [5.74, 6) is 1.04. The molecule has 0 bridgehead atoms. The summed E-state index contributed by atoms with van der Waals surface area (Å²) >= 11 is 0. The Bertz CT molecular complexity index is 461. The van der Waals surface area contributed by atoms with Crippen LogP contribution >= 0.6 is 0 Å². The van der Waals surface area contributed by atoms with Crippen LogP contribution in [0.3, 0.4) is 0 Å². The Morgan fingerprint density at radius 1 is 1.29 bits per heavy atom. The van der Waals surface area contributed by atoms with E-state index in [1.807, 2.05) is 20.8 Å². The summed E-state index contributed by atoms with van der Waals surface area (Å²) < 4.78 is 11.1. The van der Waals surface area contributed by atoms with Crippen LogP contribution in [0.25, 0.3) is 0 Å². The first kappa shape index (κ1) is 15.8. The van der Waals surface area contributed by atoms with Gasteiger partial charge in [-0.05, 0) is 40.5 Å². The third kappa shape index (κ3) is 4.70. The average Bonchev–Trinajstić information content (AvgIpc) is 2.38. The third-order valence-electron chi connectivity index (χ3n) is 3.14. The van der Waals surface area contributed by atoms with E-state index >= 15 is 0 Å². The quantitative estimate of drug-likeness (QED) is 0.831. The second-order valence-electron chi connectivity index (χ2n) is 5.80. The van der Waals surface area contributed by atoms with Gasteiger partial charge in [-0.1, -0.05) is 0 Å². The summed E-state index contributed by atoms with van der Waals surface area (Å²) in [5.41, 5.74) is -0.155. The van der Waals surface area contributed by atoms with Gasteiger partial charge in [0, 0.05) is 13.2 Å². The SMILES string of the molecule is CCNc1nc(NC2(C)CCCOC2)nc(OC(C)C)n1. The van der Waals surface area contributed by atoms with Crippen LogP contribution < -0.4 is 15.4 Å². The summed E-state index contributed by atoms with van der Waals surface area (Å²) in [6, 6.07) is 0.332. The summed E-state index contributed by atoms with van der Waals surface area (Å²) in [6.07, 6.45) is 2.07. The van der Waals surface area contributed by atoms with E-state index in [2.05, 4.69) is 32.5 Å². The van der Waals surface area contributed by atoms with Crippen LogP contribution in [0.2, 0.25) is 0 Å². The number of rotatable bonds is 6. The number of nitrogens with one attached hydrogen (secondary N) is 2. The molecule has 1 aromatic rings. The molecule has 0 amide bonds. The molecule has 1 saturated heterocycles. The van der Waals surface area contributed by atoms with Crippen molar-refractivity contribution in [1.29, 1.82) is 0 Å². The van der Waals surface area contributed by atoms with Crippen LogP contribution in [0.15, 0.2) is 0 Å². The van der Waals surface area contributed by atoms with E-state index in [0.717, 1.165) is 26.0 Å². The largest absolute Gasteiger partial charge is 0.461 e. The Morgan fingerprint density at radius 2 is 2.05 bits per heavy atom. The average molecular weight is 295 g/mol. The van der Waals surface area contributed by atoms with Gasteiger partial charge < -0.3 is 20.1 Å². The van der Waals surface area contributed by atoms with Crippen molar-refractivity contribution in [2.75, 3.05) is 30.4 Å². The minimum atomic E-state index is -0.155. The van der Waals surface area contributed by atoms with Crippen LogP contribution in [0.5, 0.6) is 6.01 Å². The molecule has 21 heavy (non-hydrogen) atoms. The van der Waals surface area contributed by atoms with Crippen molar-refractivity contribution in [3.05, 3.63) is 0 Å². The fourth-order valence-corrected chi connectivity index (χ4v) is 2.22. The van der Waals surface area contributed by atoms with Crippen molar-refractivity contribution >= 4 is 11.9 Å². The van der Waals surface area contributed by atoms with Gasteiger partial charge in [0.05, 0.1) is 18.2 Å². The van der Waals surface area contributed by atoms with Gasteiger partial charge in [0.25, 0.3) is 0 Å². The van der Waals surface area contributed by atoms with Crippen molar-refractivity contribution in [1.82, 2.24) is 15.0 Å². The Labute approximate surface area is 125 Å². The highest BCUT2D eigenvalue weighted by molar-refractivity contribution is 5.38. The molecule has 1 aromatic heterocycles. The Morgan fingerprint density at radius 3 is 2.67 bits per heavy atom. The molecule has 0 saturated carbocycles. The van der Waals surface area contributed by atoms with Gasteiger partial charge in [0.1, 0.15) is 0 Å². The van der Waals surface area contributed by atoms with Gasteiger partial charge in [-0.15, -0.1) is 0 Å². The lowest BCUT2D eigenvalue weighted by molar-refractivity contribution is 0.0537. The minimum absolute atomic E-state index is 0.0170. The molecule has 1 atom stereocenters. The lowest BCUT2D eigenvalue weighted by atomic mass is 9.95. The molecule has 1 unspecified atom stereocenters. The molecule has 118 valence electrons. The van der Waals surface area contributed by atoms with Crippen LogP contribution in [-0.2, 0) is 4.74 Å². The van der Waals surface area contributed by atoms with Gasteiger partial charge in [0.2, 0.25) is 11.9 Å². The molecule has 7 nitrogen and oxygen atoms in total. The molecule has 0 spiro atoms. The molecule has 1 aliphatic rings. The Hall–Kier alpha value is -1.63. The zero-order valence-corrected chi connectivity index (χ0v) is 13.3. The van der Waals surface area contributed by atoms with E-state index in [4.69, 9.17) is 9.47 Å². The van der Waals surface area contributed by atoms with Crippen LogP contribution in [0.1, 0.15) is 40.5 Å². The molecule has 7 heteroatoms. The molecular formula is C14H25N5O2. The zero-order valence-electron chi connectivity index (χ0n) is 13.3. The highest BCUT2D eigenvalue weighted by Gasteiger charge is 2.28. The first-order valence-corrected chi connectivity index (χ1v) is 7.53. The van der Waals surface area contributed by atoms with Crippen LogP contribution in [0.4, 0.5) is 11.9 Å². The molecule has 0 radical (unpaired) electrons. The second-order valence-corrected chi connectivity index (χ2v) is 5.80. The smallest absolute Gasteiger partial charge is 0.323 e.